The van der Waals surface area contributed by atoms with Crippen LogP contribution in [-0.2, 0) is 9.59 Å². The van der Waals surface area contributed by atoms with E-state index < -0.39 is 0 Å². The minimum Gasteiger partial charge on any atom is -0.493 e. The molecule has 0 radical (unpaired) electrons. The van der Waals surface area contributed by atoms with Crippen LogP contribution in [0.2, 0.25) is 0 Å². The lowest BCUT2D eigenvalue weighted by Crippen LogP contribution is -2.53. The van der Waals surface area contributed by atoms with E-state index in [0.29, 0.717) is 26.0 Å². The number of amides is 2. The van der Waals surface area contributed by atoms with Crippen molar-refractivity contribution in [1.82, 2.24) is 14.7 Å². The molecule has 2 amide bonds. The topological polar surface area (TPSA) is 53.1 Å². The van der Waals surface area contributed by atoms with Crippen molar-refractivity contribution in [3.63, 3.8) is 0 Å². The first-order valence-corrected chi connectivity index (χ1v) is 11.4. The zero-order valence-corrected chi connectivity index (χ0v) is 18.6. The number of likely N-dealkylation sites (tertiary alicyclic amines) is 1. The Morgan fingerprint density at radius 2 is 1.73 bits per heavy atom. The number of hydrogen-bond acceptors (Lipinski definition) is 4. The van der Waals surface area contributed by atoms with Crippen LogP contribution < -0.4 is 4.74 Å². The Hall–Kier alpha value is -2.08. The van der Waals surface area contributed by atoms with E-state index in [-0.39, 0.29) is 17.2 Å². The Bertz CT molecular complexity index is 688. The average molecular weight is 416 g/mol. The summed E-state index contributed by atoms with van der Waals surface area (Å²) in [6, 6.07) is 9.78. The number of rotatable bonds is 8. The molecule has 2 aliphatic heterocycles. The lowest BCUT2D eigenvalue weighted by molar-refractivity contribution is -0.142. The van der Waals surface area contributed by atoms with Crippen molar-refractivity contribution in [3.05, 3.63) is 30.3 Å². The molecule has 3 rings (SSSR count). The molecule has 2 saturated heterocycles. The Balaban J connectivity index is 1.70. The van der Waals surface area contributed by atoms with Gasteiger partial charge in [-0.05, 0) is 38.4 Å². The summed E-state index contributed by atoms with van der Waals surface area (Å²) >= 11 is 0. The van der Waals surface area contributed by atoms with Crippen LogP contribution in [0.4, 0.5) is 0 Å². The molecule has 0 aliphatic carbocycles. The van der Waals surface area contributed by atoms with Gasteiger partial charge in [0.2, 0.25) is 11.8 Å². The first-order chi connectivity index (χ1) is 14.5. The van der Waals surface area contributed by atoms with Gasteiger partial charge in [-0.3, -0.25) is 9.59 Å². The van der Waals surface area contributed by atoms with E-state index in [1.165, 1.54) is 0 Å². The molecule has 166 valence electrons. The summed E-state index contributed by atoms with van der Waals surface area (Å²) < 4.78 is 6.15. The zero-order chi connectivity index (χ0) is 21.4. The maximum Gasteiger partial charge on any atom is 0.223 e. The minimum atomic E-state index is -0.323. The molecule has 0 spiro atoms. The SMILES string of the molecule is CCCCC(=O)N1CCC[C@@](COc2ccccc2)(CC(=O)N2CCN(C)CC2)C1. The molecular formula is C24H37N3O3. The normalized spacial score (nSPS) is 22.7. The summed E-state index contributed by atoms with van der Waals surface area (Å²) in [5, 5.41) is 0. The van der Waals surface area contributed by atoms with E-state index in [1.807, 2.05) is 40.1 Å². The van der Waals surface area contributed by atoms with Gasteiger partial charge in [0.1, 0.15) is 5.75 Å². The van der Waals surface area contributed by atoms with E-state index >= 15 is 0 Å². The fraction of sp³-hybridized carbons (Fsp3) is 0.667. The van der Waals surface area contributed by atoms with Crippen molar-refractivity contribution in [2.24, 2.45) is 5.41 Å². The molecular weight excluding hydrogens is 378 g/mol. The quantitative estimate of drug-likeness (QED) is 0.655. The maximum atomic E-state index is 13.2. The first kappa shape index (κ1) is 22.6. The predicted molar refractivity (Wildman–Crippen MR) is 118 cm³/mol. The van der Waals surface area contributed by atoms with Crippen LogP contribution >= 0.6 is 0 Å². The molecule has 2 heterocycles. The summed E-state index contributed by atoms with van der Waals surface area (Å²) in [5.74, 6) is 1.23. The van der Waals surface area contributed by atoms with Gasteiger partial charge in [-0.15, -0.1) is 0 Å². The average Bonchev–Trinajstić information content (AvgIpc) is 2.77. The molecule has 0 saturated carbocycles. The lowest BCUT2D eigenvalue weighted by atomic mass is 9.77. The lowest BCUT2D eigenvalue weighted by Gasteiger charge is -2.43. The summed E-state index contributed by atoms with van der Waals surface area (Å²) in [5.41, 5.74) is -0.323. The van der Waals surface area contributed by atoms with Gasteiger partial charge in [0.15, 0.2) is 0 Å². The van der Waals surface area contributed by atoms with Crippen LogP contribution in [0.15, 0.2) is 30.3 Å². The van der Waals surface area contributed by atoms with Gasteiger partial charge in [-0.2, -0.15) is 0 Å². The van der Waals surface area contributed by atoms with Crippen molar-refractivity contribution in [2.45, 2.75) is 45.4 Å². The zero-order valence-electron chi connectivity index (χ0n) is 18.6. The number of likely N-dealkylation sites (N-methyl/N-ethyl adjacent to an activating group) is 1. The molecule has 2 aliphatic rings. The summed E-state index contributed by atoms with van der Waals surface area (Å²) in [6.45, 7) is 7.38. The van der Waals surface area contributed by atoms with Crippen molar-refractivity contribution >= 4 is 11.8 Å². The second-order valence-corrected chi connectivity index (χ2v) is 8.98. The molecule has 0 unspecified atom stereocenters. The van der Waals surface area contributed by atoms with Gasteiger partial charge in [0.05, 0.1) is 6.61 Å². The van der Waals surface area contributed by atoms with Gasteiger partial charge in [0.25, 0.3) is 0 Å². The van der Waals surface area contributed by atoms with Crippen LogP contribution in [0, 0.1) is 5.41 Å². The fourth-order valence-corrected chi connectivity index (χ4v) is 4.46. The molecule has 1 atom stereocenters. The smallest absolute Gasteiger partial charge is 0.223 e. The third-order valence-corrected chi connectivity index (χ3v) is 6.43. The molecule has 6 heteroatoms. The number of nitrogens with zero attached hydrogens (tertiary/aromatic N) is 3. The maximum absolute atomic E-state index is 13.2. The predicted octanol–water partition coefficient (Wildman–Crippen LogP) is 3.03. The number of piperazine rings is 1. The summed E-state index contributed by atoms with van der Waals surface area (Å²) in [4.78, 5) is 32.1. The largest absolute Gasteiger partial charge is 0.493 e. The molecule has 2 fully saturated rings. The van der Waals surface area contributed by atoms with Gasteiger partial charge in [0, 0.05) is 57.5 Å². The number of para-hydroxylation sites is 1. The molecule has 0 aromatic heterocycles. The Morgan fingerprint density at radius 1 is 1.00 bits per heavy atom. The summed E-state index contributed by atoms with van der Waals surface area (Å²) in [7, 11) is 2.10. The highest BCUT2D eigenvalue weighted by molar-refractivity contribution is 5.78. The van der Waals surface area contributed by atoms with Gasteiger partial charge in [-0.1, -0.05) is 31.5 Å². The minimum absolute atomic E-state index is 0.197. The fourth-order valence-electron chi connectivity index (χ4n) is 4.46. The van der Waals surface area contributed by atoms with Gasteiger partial charge < -0.3 is 19.4 Å². The first-order valence-electron chi connectivity index (χ1n) is 11.4. The number of piperidine rings is 1. The highest BCUT2D eigenvalue weighted by Crippen LogP contribution is 2.35. The highest BCUT2D eigenvalue weighted by Gasteiger charge is 2.41. The van der Waals surface area contributed by atoms with Crippen LogP contribution in [0.5, 0.6) is 5.75 Å². The molecule has 6 nitrogen and oxygen atoms in total. The molecule has 0 bridgehead atoms. The van der Waals surface area contributed by atoms with Crippen LogP contribution in [-0.4, -0.2) is 79.4 Å². The number of unbranched alkanes of at least 4 members (excludes halogenated alkanes) is 1. The Kier molecular flexibility index (Phi) is 8.14. The van der Waals surface area contributed by atoms with Crippen molar-refractivity contribution in [2.75, 3.05) is 52.9 Å². The van der Waals surface area contributed by atoms with E-state index in [2.05, 4.69) is 18.9 Å². The number of carbonyl (C=O) groups is 2. The van der Waals surface area contributed by atoms with Crippen molar-refractivity contribution in [3.8, 4) is 5.75 Å². The summed E-state index contributed by atoms with van der Waals surface area (Å²) in [6.07, 6.45) is 4.81. The molecule has 0 N–H and O–H groups in total. The van der Waals surface area contributed by atoms with Crippen LogP contribution in [0.1, 0.15) is 45.4 Å². The monoisotopic (exact) mass is 415 g/mol. The molecule has 1 aromatic carbocycles. The standard InChI is InChI=1S/C24H37N3O3/c1-3-4-11-22(28)27-13-8-12-24(19-27,20-30-21-9-6-5-7-10-21)18-23(29)26-16-14-25(2)15-17-26/h5-7,9-10H,3-4,8,11-20H2,1-2H3/t24-/m1/s1. The van der Waals surface area contributed by atoms with Gasteiger partial charge >= 0.3 is 0 Å². The van der Waals surface area contributed by atoms with Crippen LogP contribution in [0.3, 0.4) is 0 Å². The van der Waals surface area contributed by atoms with Crippen LogP contribution in [0.25, 0.3) is 0 Å². The van der Waals surface area contributed by atoms with E-state index in [0.717, 1.165) is 64.2 Å². The number of benzene rings is 1. The third-order valence-electron chi connectivity index (χ3n) is 6.43. The van der Waals surface area contributed by atoms with Gasteiger partial charge in [-0.25, -0.2) is 0 Å². The van der Waals surface area contributed by atoms with Crippen molar-refractivity contribution < 1.29 is 14.3 Å². The van der Waals surface area contributed by atoms with E-state index in [4.69, 9.17) is 4.74 Å². The highest BCUT2D eigenvalue weighted by atomic mass is 16.5. The number of ether oxygens (including phenoxy) is 1. The number of carbonyl (C=O) groups excluding carboxylic acids is 2. The van der Waals surface area contributed by atoms with E-state index in [1.54, 1.807) is 0 Å². The molecule has 30 heavy (non-hydrogen) atoms. The molecule has 1 aromatic rings. The third kappa shape index (κ3) is 6.21. The van der Waals surface area contributed by atoms with Crippen molar-refractivity contribution in [1.29, 1.82) is 0 Å². The second kappa shape index (κ2) is 10.8. The number of hydrogen-bond donors (Lipinski definition) is 0. The Labute approximate surface area is 181 Å². The second-order valence-electron chi connectivity index (χ2n) is 8.98. The van der Waals surface area contributed by atoms with E-state index in [9.17, 15) is 9.59 Å². The Morgan fingerprint density at radius 3 is 2.43 bits per heavy atom.